The third kappa shape index (κ3) is 2.93. The van der Waals surface area contributed by atoms with Gasteiger partial charge in [-0.3, -0.25) is 9.59 Å². The molecule has 0 spiro atoms. The first-order chi connectivity index (χ1) is 7.89. The van der Waals surface area contributed by atoms with Crippen LogP contribution in [0.2, 0.25) is 0 Å². The van der Waals surface area contributed by atoms with Crippen LogP contribution in [0.5, 0.6) is 0 Å². The molecule has 3 heteroatoms. The molecule has 0 aliphatic heterocycles. The largest absolute Gasteiger partial charge is 0.465 e. The first kappa shape index (κ1) is 13.4. The zero-order valence-electron chi connectivity index (χ0n) is 10.7. The molecule has 0 heterocycles. The lowest BCUT2D eigenvalue weighted by Gasteiger charge is -2.20. The first-order valence-electron chi connectivity index (χ1n) is 5.68. The van der Waals surface area contributed by atoms with Crippen LogP contribution in [0.15, 0.2) is 24.3 Å². The summed E-state index contributed by atoms with van der Waals surface area (Å²) in [6.45, 7) is 7.11. The summed E-state index contributed by atoms with van der Waals surface area (Å²) >= 11 is 0. The summed E-state index contributed by atoms with van der Waals surface area (Å²) < 4.78 is 4.92. The van der Waals surface area contributed by atoms with Crippen LogP contribution in [0.25, 0.3) is 0 Å². The van der Waals surface area contributed by atoms with E-state index in [9.17, 15) is 9.59 Å². The van der Waals surface area contributed by atoms with Crippen LogP contribution < -0.4 is 0 Å². The molecule has 17 heavy (non-hydrogen) atoms. The van der Waals surface area contributed by atoms with Crippen molar-refractivity contribution in [2.45, 2.75) is 27.7 Å². The minimum atomic E-state index is -1.14. The molecule has 1 aromatic rings. The fourth-order valence-corrected chi connectivity index (χ4v) is 1.55. The van der Waals surface area contributed by atoms with E-state index in [0.717, 1.165) is 5.56 Å². The van der Waals surface area contributed by atoms with E-state index in [-0.39, 0.29) is 12.4 Å². The van der Waals surface area contributed by atoms with E-state index >= 15 is 0 Å². The molecule has 0 aliphatic rings. The maximum Gasteiger partial charge on any atom is 0.319 e. The van der Waals surface area contributed by atoms with Gasteiger partial charge in [0.2, 0.25) is 0 Å². The number of aryl methyl sites for hydroxylation is 1. The van der Waals surface area contributed by atoms with E-state index in [4.69, 9.17) is 4.74 Å². The highest BCUT2D eigenvalue weighted by atomic mass is 16.5. The molecule has 0 unspecified atom stereocenters. The quantitative estimate of drug-likeness (QED) is 0.457. The number of hydrogen-bond donors (Lipinski definition) is 0. The molecule has 3 nitrogen and oxygen atoms in total. The molecule has 0 saturated carbocycles. The summed E-state index contributed by atoms with van der Waals surface area (Å²) in [5.41, 5.74) is 0.405. The smallest absolute Gasteiger partial charge is 0.319 e. The zero-order chi connectivity index (χ0) is 13.1. The summed E-state index contributed by atoms with van der Waals surface area (Å²) in [6, 6.07) is 7.22. The van der Waals surface area contributed by atoms with E-state index in [1.54, 1.807) is 32.9 Å². The Bertz CT molecular complexity index is 433. The lowest BCUT2D eigenvalue weighted by molar-refractivity contribution is -0.150. The van der Waals surface area contributed by atoms with Crippen LogP contribution in [0.4, 0.5) is 0 Å². The standard InChI is InChI=1S/C14H18O3/c1-5-17-13(16)14(3,4)12(15)11-8-6-7-10(2)9-11/h6-9H,5H2,1-4H3. The number of benzene rings is 1. The van der Waals surface area contributed by atoms with Gasteiger partial charge in [0, 0.05) is 5.56 Å². The molecule has 0 N–H and O–H groups in total. The van der Waals surface area contributed by atoms with Crippen molar-refractivity contribution >= 4 is 11.8 Å². The van der Waals surface area contributed by atoms with E-state index in [1.807, 2.05) is 19.1 Å². The van der Waals surface area contributed by atoms with Gasteiger partial charge in [-0.1, -0.05) is 23.8 Å². The van der Waals surface area contributed by atoms with Gasteiger partial charge in [0.05, 0.1) is 6.61 Å². The highest BCUT2D eigenvalue weighted by Crippen LogP contribution is 2.24. The average molecular weight is 234 g/mol. The van der Waals surface area contributed by atoms with Gasteiger partial charge in [0.15, 0.2) is 5.78 Å². The van der Waals surface area contributed by atoms with Crippen molar-refractivity contribution in [1.29, 1.82) is 0 Å². The molecular weight excluding hydrogens is 216 g/mol. The van der Waals surface area contributed by atoms with Crippen LogP contribution >= 0.6 is 0 Å². The molecule has 0 bridgehead atoms. The van der Waals surface area contributed by atoms with Gasteiger partial charge in [-0.25, -0.2) is 0 Å². The van der Waals surface area contributed by atoms with E-state index in [0.29, 0.717) is 5.56 Å². The maximum absolute atomic E-state index is 12.2. The van der Waals surface area contributed by atoms with E-state index in [1.165, 1.54) is 0 Å². The fourth-order valence-electron chi connectivity index (χ4n) is 1.55. The monoisotopic (exact) mass is 234 g/mol. The molecule has 0 radical (unpaired) electrons. The minimum absolute atomic E-state index is 0.209. The van der Waals surface area contributed by atoms with Crippen molar-refractivity contribution in [2.24, 2.45) is 5.41 Å². The summed E-state index contributed by atoms with van der Waals surface area (Å²) in [5.74, 6) is -0.689. The SMILES string of the molecule is CCOC(=O)C(C)(C)C(=O)c1cccc(C)c1. The van der Waals surface area contributed by atoms with E-state index < -0.39 is 11.4 Å². The molecule has 0 saturated heterocycles. The van der Waals surface area contributed by atoms with Crippen LogP contribution in [0.1, 0.15) is 36.7 Å². The molecule has 0 atom stereocenters. The number of carbonyl (C=O) groups excluding carboxylic acids is 2. The molecule has 0 amide bonds. The highest BCUT2D eigenvalue weighted by Gasteiger charge is 2.37. The van der Waals surface area contributed by atoms with Crippen LogP contribution in [-0.4, -0.2) is 18.4 Å². The molecule has 1 aromatic carbocycles. The molecule has 92 valence electrons. The zero-order valence-corrected chi connectivity index (χ0v) is 10.7. The van der Waals surface area contributed by atoms with Gasteiger partial charge in [-0.05, 0) is 33.8 Å². The Labute approximate surface area is 102 Å². The summed E-state index contributed by atoms with van der Waals surface area (Å²) in [4.78, 5) is 24.0. The highest BCUT2D eigenvalue weighted by molar-refractivity contribution is 6.11. The van der Waals surface area contributed by atoms with Crippen molar-refractivity contribution in [3.63, 3.8) is 0 Å². The van der Waals surface area contributed by atoms with Crippen molar-refractivity contribution in [2.75, 3.05) is 6.61 Å². The summed E-state index contributed by atoms with van der Waals surface area (Å²) in [5, 5.41) is 0. The minimum Gasteiger partial charge on any atom is -0.465 e. The Morgan fingerprint density at radius 2 is 1.94 bits per heavy atom. The molecule has 1 rings (SSSR count). The Morgan fingerprint density at radius 1 is 1.29 bits per heavy atom. The molecule has 0 aromatic heterocycles. The number of esters is 1. The Morgan fingerprint density at radius 3 is 2.47 bits per heavy atom. The van der Waals surface area contributed by atoms with Gasteiger partial charge in [0.1, 0.15) is 5.41 Å². The van der Waals surface area contributed by atoms with Crippen molar-refractivity contribution in [3.05, 3.63) is 35.4 Å². The number of hydrogen-bond acceptors (Lipinski definition) is 3. The number of ketones is 1. The number of rotatable bonds is 4. The van der Waals surface area contributed by atoms with Crippen LogP contribution in [0, 0.1) is 12.3 Å². The average Bonchev–Trinajstić information content (AvgIpc) is 2.28. The Balaban J connectivity index is 3.00. The van der Waals surface area contributed by atoms with Crippen LogP contribution in [-0.2, 0) is 9.53 Å². The van der Waals surface area contributed by atoms with Crippen molar-refractivity contribution in [3.8, 4) is 0 Å². The maximum atomic E-state index is 12.2. The Hall–Kier alpha value is -1.64. The Kier molecular flexibility index (Phi) is 4.05. The number of Topliss-reactive ketones (excluding diaryl/α,β-unsaturated/α-hetero) is 1. The van der Waals surface area contributed by atoms with Gasteiger partial charge >= 0.3 is 5.97 Å². The second-order valence-electron chi connectivity index (χ2n) is 4.54. The second kappa shape index (κ2) is 5.13. The molecule has 0 aliphatic carbocycles. The number of ether oxygens (including phenoxy) is 1. The lowest BCUT2D eigenvalue weighted by atomic mass is 9.84. The van der Waals surface area contributed by atoms with Gasteiger partial charge in [-0.15, -0.1) is 0 Å². The second-order valence-corrected chi connectivity index (χ2v) is 4.54. The third-order valence-corrected chi connectivity index (χ3v) is 2.63. The summed E-state index contributed by atoms with van der Waals surface area (Å²) in [7, 11) is 0. The summed E-state index contributed by atoms with van der Waals surface area (Å²) in [6.07, 6.45) is 0. The lowest BCUT2D eigenvalue weighted by Crippen LogP contribution is -2.35. The molecule has 0 fully saturated rings. The fraction of sp³-hybridized carbons (Fsp3) is 0.429. The molecular formula is C14H18O3. The van der Waals surface area contributed by atoms with Crippen molar-refractivity contribution in [1.82, 2.24) is 0 Å². The topological polar surface area (TPSA) is 43.4 Å². The third-order valence-electron chi connectivity index (χ3n) is 2.63. The van der Waals surface area contributed by atoms with Gasteiger partial charge in [-0.2, -0.15) is 0 Å². The van der Waals surface area contributed by atoms with E-state index in [2.05, 4.69) is 0 Å². The van der Waals surface area contributed by atoms with Crippen molar-refractivity contribution < 1.29 is 14.3 Å². The van der Waals surface area contributed by atoms with Gasteiger partial charge in [0.25, 0.3) is 0 Å². The number of carbonyl (C=O) groups is 2. The predicted octanol–water partition coefficient (Wildman–Crippen LogP) is 2.77. The normalized spacial score (nSPS) is 11.1. The van der Waals surface area contributed by atoms with Crippen LogP contribution in [0.3, 0.4) is 0 Å². The van der Waals surface area contributed by atoms with Gasteiger partial charge < -0.3 is 4.74 Å². The first-order valence-corrected chi connectivity index (χ1v) is 5.68. The predicted molar refractivity (Wildman–Crippen MR) is 65.9 cm³/mol.